The normalized spacial score (nSPS) is 14.2. The summed E-state index contributed by atoms with van der Waals surface area (Å²) in [6.07, 6.45) is 4.49. The van der Waals surface area contributed by atoms with Crippen molar-refractivity contribution in [1.82, 2.24) is 10.2 Å². The Morgan fingerprint density at radius 1 is 1.26 bits per heavy atom. The molecule has 1 amide bonds. The van der Waals surface area contributed by atoms with E-state index in [1.54, 1.807) is 18.9 Å². The van der Waals surface area contributed by atoms with Crippen LogP contribution in [0.25, 0.3) is 0 Å². The number of carbonyl (C=O) groups excluding carboxylic acids is 1. The van der Waals surface area contributed by atoms with Crippen molar-refractivity contribution < 1.29 is 14.7 Å². The fraction of sp³-hybridized carbons (Fsp3) is 0.857. The molecule has 0 saturated heterocycles. The minimum absolute atomic E-state index is 0.0379. The second kappa shape index (κ2) is 9.78. The van der Waals surface area contributed by atoms with E-state index < -0.39 is 11.9 Å². The molecule has 0 aliphatic heterocycles. The molecule has 0 heterocycles. The van der Waals surface area contributed by atoms with E-state index >= 15 is 0 Å². The van der Waals surface area contributed by atoms with Crippen LogP contribution >= 0.6 is 0 Å². The number of carbonyl (C=O) groups is 2. The van der Waals surface area contributed by atoms with Crippen molar-refractivity contribution in [1.29, 1.82) is 0 Å². The van der Waals surface area contributed by atoms with Crippen LogP contribution in [0.3, 0.4) is 0 Å². The lowest BCUT2D eigenvalue weighted by Gasteiger charge is -2.20. The highest BCUT2D eigenvalue weighted by Crippen LogP contribution is 2.03. The van der Waals surface area contributed by atoms with Crippen molar-refractivity contribution in [2.45, 2.75) is 52.5 Å². The number of carboxylic acid groups (broad SMARTS) is 1. The SMILES string of the molecule is CCCCCC(C)NC(=O)CN(C)CC(C)C(=O)O. The summed E-state index contributed by atoms with van der Waals surface area (Å²) in [5.74, 6) is -1.33. The number of aliphatic carboxylic acids is 1. The van der Waals surface area contributed by atoms with Crippen molar-refractivity contribution >= 4 is 11.9 Å². The van der Waals surface area contributed by atoms with Gasteiger partial charge in [-0.15, -0.1) is 0 Å². The molecule has 0 radical (unpaired) electrons. The topological polar surface area (TPSA) is 69.6 Å². The molecule has 0 aromatic heterocycles. The minimum atomic E-state index is -0.833. The summed E-state index contributed by atoms with van der Waals surface area (Å²) in [7, 11) is 1.76. The third-order valence-electron chi connectivity index (χ3n) is 3.07. The molecule has 5 nitrogen and oxygen atoms in total. The number of nitrogens with one attached hydrogen (secondary N) is 1. The van der Waals surface area contributed by atoms with Crippen molar-refractivity contribution in [3.63, 3.8) is 0 Å². The Morgan fingerprint density at radius 2 is 1.89 bits per heavy atom. The standard InChI is InChI=1S/C14H28N2O3/c1-5-6-7-8-12(3)15-13(17)10-16(4)9-11(2)14(18)19/h11-12H,5-10H2,1-4H3,(H,15,17)(H,18,19). The first-order chi connectivity index (χ1) is 8.86. The van der Waals surface area contributed by atoms with Crippen LogP contribution in [-0.2, 0) is 9.59 Å². The van der Waals surface area contributed by atoms with Crippen LogP contribution in [-0.4, -0.2) is 48.1 Å². The Morgan fingerprint density at radius 3 is 2.42 bits per heavy atom. The maximum Gasteiger partial charge on any atom is 0.307 e. The van der Waals surface area contributed by atoms with Gasteiger partial charge >= 0.3 is 5.97 Å². The first-order valence-electron chi connectivity index (χ1n) is 7.07. The van der Waals surface area contributed by atoms with Gasteiger partial charge in [0.1, 0.15) is 0 Å². The van der Waals surface area contributed by atoms with Gasteiger partial charge in [-0.25, -0.2) is 0 Å². The Labute approximate surface area is 116 Å². The maximum atomic E-state index is 11.7. The van der Waals surface area contributed by atoms with Gasteiger partial charge in [0.25, 0.3) is 0 Å². The zero-order valence-corrected chi connectivity index (χ0v) is 12.6. The number of hydrogen-bond donors (Lipinski definition) is 2. The van der Waals surface area contributed by atoms with Gasteiger partial charge in [-0.3, -0.25) is 14.5 Å². The second-order valence-electron chi connectivity index (χ2n) is 5.40. The van der Waals surface area contributed by atoms with Gasteiger partial charge < -0.3 is 10.4 Å². The quantitative estimate of drug-likeness (QED) is 0.594. The highest BCUT2D eigenvalue weighted by atomic mass is 16.4. The third kappa shape index (κ3) is 9.47. The van der Waals surface area contributed by atoms with Gasteiger partial charge in [0.2, 0.25) is 5.91 Å². The molecule has 2 N–H and O–H groups in total. The van der Waals surface area contributed by atoms with E-state index in [0.717, 1.165) is 12.8 Å². The largest absolute Gasteiger partial charge is 0.481 e. The average Bonchev–Trinajstić information content (AvgIpc) is 2.28. The van der Waals surface area contributed by atoms with Crippen molar-refractivity contribution in [3.05, 3.63) is 0 Å². The van der Waals surface area contributed by atoms with Crippen molar-refractivity contribution in [3.8, 4) is 0 Å². The van der Waals surface area contributed by atoms with Crippen LogP contribution in [0.1, 0.15) is 46.5 Å². The third-order valence-corrected chi connectivity index (χ3v) is 3.07. The molecular formula is C14H28N2O3. The Bertz CT molecular complexity index is 282. The molecule has 0 bridgehead atoms. The first kappa shape index (κ1) is 17.9. The Hall–Kier alpha value is -1.10. The molecule has 19 heavy (non-hydrogen) atoms. The maximum absolute atomic E-state index is 11.7. The first-order valence-corrected chi connectivity index (χ1v) is 7.07. The lowest BCUT2D eigenvalue weighted by Crippen LogP contribution is -2.41. The predicted octanol–water partition coefficient (Wildman–Crippen LogP) is 1.72. The Kier molecular flexibility index (Phi) is 9.21. The van der Waals surface area contributed by atoms with E-state index in [9.17, 15) is 9.59 Å². The van der Waals surface area contributed by atoms with E-state index in [0.29, 0.717) is 6.54 Å². The summed E-state index contributed by atoms with van der Waals surface area (Å²) >= 11 is 0. The lowest BCUT2D eigenvalue weighted by atomic mass is 10.1. The van der Waals surface area contributed by atoms with Crippen LogP contribution < -0.4 is 5.32 Å². The van der Waals surface area contributed by atoms with E-state index in [-0.39, 0.29) is 18.5 Å². The molecule has 0 rings (SSSR count). The van der Waals surface area contributed by atoms with E-state index in [4.69, 9.17) is 5.11 Å². The van der Waals surface area contributed by atoms with Crippen molar-refractivity contribution in [2.75, 3.05) is 20.1 Å². The highest BCUT2D eigenvalue weighted by Gasteiger charge is 2.16. The summed E-state index contributed by atoms with van der Waals surface area (Å²) in [5.41, 5.74) is 0. The van der Waals surface area contributed by atoms with Gasteiger partial charge in [-0.05, 0) is 20.4 Å². The van der Waals surface area contributed by atoms with E-state index in [1.165, 1.54) is 12.8 Å². The molecule has 2 atom stereocenters. The summed E-state index contributed by atoms with van der Waals surface area (Å²) in [5, 5.41) is 11.7. The second-order valence-corrected chi connectivity index (χ2v) is 5.40. The number of unbranched alkanes of at least 4 members (excludes halogenated alkanes) is 2. The van der Waals surface area contributed by atoms with Gasteiger partial charge in [0, 0.05) is 12.6 Å². The molecule has 0 aromatic rings. The minimum Gasteiger partial charge on any atom is -0.481 e. The number of hydrogen-bond acceptors (Lipinski definition) is 3. The fourth-order valence-corrected chi connectivity index (χ4v) is 1.95. The summed E-state index contributed by atoms with van der Waals surface area (Å²) in [6, 6.07) is 0.185. The number of carboxylic acids is 1. The molecule has 5 heteroatoms. The number of likely N-dealkylation sites (N-methyl/N-ethyl adjacent to an activating group) is 1. The Balaban J connectivity index is 3.86. The summed E-state index contributed by atoms with van der Waals surface area (Å²) < 4.78 is 0. The van der Waals surface area contributed by atoms with Crippen LogP contribution in [0.4, 0.5) is 0 Å². The fourth-order valence-electron chi connectivity index (χ4n) is 1.95. The van der Waals surface area contributed by atoms with Crippen molar-refractivity contribution in [2.24, 2.45) is 5.92 Å². The molecule has 0 aromatic carbocycles. The van der Waals surface area contributed by atoms with Gasteiger partial charge in [-0.2, -0.15) is 0 Å². The van der Waals surface area contributed by atoms with E-state index in [2.05, 4.69) is 12.2 Å². The van der Waals surface area contributed by atoms with Gasteiger partial charge in [0.05, 0.1) is 12.5 Å². The monoisotopic (exact) mass is 272 g/mol. The summed E-state index contributed by atoms with van der Waals surface area (Å²) in [4.78, 5) is 24.2. The molecular weight excluding hydrogens is 244 g/mol. The zero-order chi connectivity index (χ0) is 14.8. The number of nitrogens with zero attached hydrogens (tertiary/aromatic N) is 1. The van der Waals surface area contributed by atoms with Crippen LogP contribution in [0.5, 0.6) is 0 Å². The molecule has 112 valence electrons. The molecule has 0 saturated carbocycles. The number of rotatable bonds is 10. The average molecular weight is 272 g/mol. The molecule has 0 aliphatic carbocycles. The van der Waals surface area contributed by atoms with Crippen LogP contribution in [0, 0.1) is 5.92 Å². The molecule has 0 aliphatic rings. The zero-order valence-electron chi connectivity index (χ0n) is 12.6. The molecule has 0 fully saturated rings. The van der Waals surface area contributed by atoms with Crippen LogP contribution in [0.15, 0.2) is 0 Å². The lowest BCUT2D eigenvalue weighted by molar-refractivity contribution is -0.142. The predicted molar refractivity (Wildman–Crippen MR) is 76.0 cm³/mol. The number of amides is 1. The van der Waals surface area contributed by atoms with Crippen LogP contribution in [0.2, 0.25) is 0 Å². The summed E-state index contributed by atoms with van der Waals surface area (Å²) in [6.45, 7) is 6.43. The highest BCUT2D eigenvalue weighted by molar-refractivity contribution is 5.78. The van der Waals surface area contributed by atoms with Gasteiger partial charge in [-0.1, -0.05) is 33.1 Å². The molecule has 0 spiro atoms. The molecule has 2 unspecified atom stereocenters. The van der Waals surface area contributed by atoms with Gasteiger partial charge in [0.15, 0.2) is 0 Å². The smallest absolute Gasteiger partial charge is 0.307 e. The van der Waals surface area contributed by atoms with E-state index in [1.807, 2.05) is 6.92 Å².